The Balaban J connectivity index is 1.47. The second-order valence-electron chi connectivity index (χ2n) is 7.64. The van der Waals surface area contributed by atoms with E-state index in [1.54, 1.807) is 11.0 Å². The minimum Gasteiger partial charge on any atom is -0.444 e. The molecule has 0 spiro atoms. The zero-order chi connectivity index (χ0) is 18.8. The molecule has 144 valence electrons. The molecule has 0 N–H and O–H groups in total. The Morgan fingerprint density at radius 1 is 1.26 bits per heavy atom. The Morgan fingerprint density at radius 3 is 2.81 bits per heavy atom. The van der Waals surface area contributed by atoms with E-state index >= 15 is 0 Å². The van der Waals surface area contributed by atoms with Crippen molar-refractivity contribution in [3.63, 3.8) is 0 Å². The number of anilines is 1. The maximum Gasteiger partial charge on any atom is 0.414 e. The summed E-state index contributed by atoms with van der Waals surface area (Å²) in [6.45, 7) is 2.37. The molecular formula is C21H25FN2O3. The summed E-state index contributed by atoms with van der Waals surface area (Å²) in [5, 5.41) is 3.87. The van der Waals surface area contributed by atoms with Crippen molar-refractivity contribution in [2.75, 3.05) is 11.4 Å². The van der Waals surface area contributed by atoms with Crippen LogP contribution in [0.25, 0.3) is 0 Å². The van der Waals surface area contributed by atoms with Crippen molar-refractivity contribution in [1.82, 2.24) is 5.16 Å². The van der Waals surface area contributed by atoms with Crippen molar-refractivity contribution in [1.29, 1.82) is 0 Å². The number of carbonyl (C=O) groups is 1. The van der Waals surface area contributed by atoms with Gasteiger partial charge in [0.05, 0.1) is 17.9 Å². The van der Waals surface area contributed by atoms with E-state index in [4.69, 9.17) is 9.26 Å². The summed E-state index contributed by atoms with van der Waals surface area (Å²) >= 11 is 0. The van der Waals surface area contributed by atoms with Crippen molar-refractivity contribution in [3.05, 3.63) is 47.1 Å². The molecule has 27 heavy (non-hydrogen) atoms. The first-order valence-corrected chi connectivity index (χ1v) is 9.79. The molecule has 1 atom stereocenters. The molecule has 0 radical (unpaired) electrons. The second kappa shape index (κ2) is 7.71. The Hall–Kier alpha value is -2.37. The number of halogens is 1. The minimum absolute atomic E-state index is 0.207. The molecule has 2 aliphatic rings. The summed E-state index contributed by atoms with van der Waals surface area (Å²) in [7, 11) is 0. The number of hydrogen-bond donors (Lipinski definition) is 0. The second-order valence-corrected chi connectivity index (χ2v) is 7.64. The largest absolute Gasteiger partial charge is 0.444 e. The highest BCUT2D eigenvalue weighted by molar-refractivity contribution is 5.90. The third kappa shape index (κ3) is 3.84. The lowest BCUT2D eigenvalue weighted by Gasteiger charge is -2.24. The van der Waals surface area contributed by atoms with Crippen LogP contribution in [0.4, 0.5) is 14.9 Å². The normalized spacial score (nSPS) is 20.9. The lowest BCUT2D eigenvalue weighted by atomic mass is 9.83. The molecule has 1 aromatic heterocycles. The summed E-state index contributed by atoms with van der Waals surface area (Å²) in [5.41, 5.74) is 3.17. The van der Waals surface area contributed by atoms with E-state index in [-0.39, 0.29) is 11.9 Å². The number of aryl methyl sites for hydroxylation is 2. The average molecular weight is 372 g/mol. The first-order chi connectivity index (χ1) is 13.1. The van der Waals surface area contributed by atoms with Crippen molar-refractivity contribution < 1.29 is 18.4 Å². The van der Waals surface area contributed by atoms with Gasteiger partial charge in [0.15, 0.2) is 0 Å². The number of aromatic nitrogens is 1. The summed E-state index contributed by atoms with van der Waals surface area (Å²) in [6, 6.07) is 5.25. The predicted octanol–water partition coefficient (Wildman–Crippen LogP) is 5.13. The molecule has 4 rings (SSSR count). The SMILES string of the molecule is Cc1cc(C2CCCCC2)c(F)cc1N1CC(CCc2ccon2)OC1=O. The maximum atomic E-state index is 14.8. The Morgan fingerprint density at radius 2 is 2.07 bits per heavy atom. The highest BCUT2D eigenvalue weighted by atomic mass is 19.1. The number of nitrogens with zero attached hydrogens (tertiary/aromatic N) is 2. The summed E-state index contributed by atoms with van der Waals surface area (Å²) < 4.78 is 25.1. The molecule has 5 nitrogen and oxygen atoms in total. The van der Waals surface area contributed by atoms with Gasteiger partial charge in [0.2, 0.25) is 0 Å². The Kier molecular flexibility index (Phi) is 5.14. The van der Waals surface area contributed by atoms with Gasteiger partial charge in [0.1, 0.15) is 18.2 Å². The number of amides is 1. The van der Waals surface area contributed by atoms with Gasteiger partial charge in [-0.3, -0.25) is 4.90 Å². The maximum absolute atomic E-state index is 14.8. The zero-order valence-electron chi connectivity index (χ0n) is 15.6. The van der Waals surface area contributed by atoms with E-state index in [2.05, 4.69) is 5.16 Å². The first-order valence-electron chi connectivity index (χ1n) is 9.79. The smallest absolute Gasteiger partial charge is 0.414 e. The number of carbonyl (C=O) groups excluding carboxylic acids is 1. The van der Waals surface area contributed by atoms with Crippen LogP contribution in [-0.2, 0) is 11.2 Å². The predicted molar refractivity (Wildman–Crippen MR) is 99.4 cm³/mol. The van der Waals surface area contributed by atoms with E-state index < -0.39 is 6.09 Å². The molecule has 1 amide bonds. The monoisotopic (exact) mass is 372 g/mol. The van der Waals surface area contributed by atoms with Gasteiger partial charge in [-0.2, -0.15) is 0 Å². The molecule has 1 saturated heterocycles. The van der Waals surface area contributed by atoms with Crippen LogP contribution >= 0.6 is 0 Å². The van der Waals surface area contributed by atoms with E-state index in [1.807, 2.05) is 13.0 Å². The van der Waals surface area contributed by atoms with Crippen LogP contribution in [0.5, 0.6) is 0 Å². The molecule has 1 aliphatic carbocycles. The number of ether oxygens (including phenoxy) is 1. The third-order valence-electron chi connectivity index (χ3n) is 5.74. The molecule has 1 aromatic carbocycles. The van der Waals surface area contributed by atoms with Gasteiger partial charge in [-0.1, -0.05) is 30.5 Å². The van der Waals surface area contributed by atoms with Crippen LogP contribution < -0.4 is 4.90 Å². The highest BCUT2D eigenvalue weighted by Gasteiger charge is 2.34. The van der Waals surface area contributed by atoms with Crippen LogP contribution in [0.15, 0.2) is 29.0 Å². The van der Waals surface area contributed by atoms with Gasteiger partial charge in [0.25, 0.3) is 0 Å². The number of hydrogen-bond acceptors (Lipinski definition) is 4. The highest BCUT2D eigenvalue weighted by Crippen LogP contribution is 2.37. The zero-order valence-corrected chi connectivity index (χ0v) is 15.6. The topological polar surface area (TPSA) is 55.6 Å². The molecule has 2 aromatic rings. The molecule has 1 unspecified atom stereocenters. The third-order valence-corrected chi connectivity index (χ3v) is 5.74. The molecule has 1 saturated carbocycles. The fourth-order valence-corrected chi connectivity index (χ4v) is 4.25. The first kappa shape index (κ1) is 18.0. The molecule has 2 fully saturated rings. The lowest BCUT2D eigenvalue weighted by Crippen LogP contribution is -2.26. The fraction of sp³-hybridized carbons (Fsp3) is 0.524. The molecule has 0 bridgehead atoms. The summed E-state index contributed by atoms with van der Waals surface area (Å²) in [4.78, 5) is 13.9. The van der Waals surface area contributed by atoms with Gasteiger partial charge in [-0.05, 0) is 55.7 Å². The van der Waals surface area contributed by atoms with Gasteiger partial charge < -0.3 is 9.26 Å². The molecular weight excluding hydrogens is 347 g/mol. The lowest BCUT2D eigenvalue weighted by molar-refractivity contribution is 0.136. The van der Waals surface area contributed by atoms with Gasteiger partial charge in [-0.15, -0.1) is 0 Å². The van der Waals surface area contributed by atoms with Crippen molar-refractivity contribution in [2.45, 2.75) is 63.9 Å². The van der Waals surface area contributed by atoms with Crippen molar-refractivity contribution >= 4 is 11.8 Å². The van der Waals surface area contributed by atoms with Crippen molar-refractivity contribution in [2.24, 2.45) is 0 Å². The summed E-state index contributed by atoms with van der Waals surface area (Å²) in [6.07, 6.45) is 7.90. The quantitative estimate of drug-likeness (QED) is 0.730. The number of rotatable bonds is 5. The van der Waals surface area contributed by atoms with Gasteiger partial charge in [0, 0.05) is 6.07 Å². The van der Waals surface area contributed by atoms with Crippen LogP contribution in [0.2, 0.25) is 0 Å². The van der Waals surface area contributed by atoms with E-state index in [9.17, 15) is 9.18 Å². The number of benzene rings is 1. The molecule has 1 aliphatic heterocycles. The minimum atomic E-state index is -0.409. The Labute approximate surface area is 158 Å². The van der Waals surface area contributed by atoms with Crippen LogP contribution in [-0.4, -0.2) is 23.9 Å². The Bertz CT molecular complexity index is 800. The van der Waals surface area contributed by atoms with Gasteiger partial charge >= 0.3 is 6.09 Å². The standard InChI is InChI=1S/C21H25FN2O3/c1-14-11-18(15-5-3-2-4-6-15)19(22)12-20(14)24-13-17(27-21(24)25)8-7-16-9-10-26-23-16/h9-12,15,17H,2-8,13H2,1H3. The van der Waals surface area contributed by atoms with E-state index in [0.29, 0.717) is 31.0 Å². The molecule has 6 heteroatoms. The van der Waals surface area contributed by atoms with Gasteiger partial charge in [-0.25, -0.2) is 9.18 Å². The van der Waals surface area contributed by atoms with Crippen LogP contribution in [0.1, 0.15) is 61.3 Å². The van der Waals surface area contributed by atoms with E-state index in [1.165, 1.54) is 18.8 Å². The summed E-state index contributed by atoms with van der Waals surface area (Å²) in [5.74, 6) is 0.0913. The van der Waals surface area contributed by atoms with Crippen molar-refractivity contribution in [3.8, 4) is 0 Å². The average Bonchev–Trinajstić information content (AvgIpc) is 3.32. The van der Waals surface area contributed by atoms with E-state index in [0.717, 1.165) is 42.5 Å². The van der Waals surface area contributed by atoms with Crippen LogP contribution in [0, 0.1) is 12.7 Å². The van der Waals surface area contributed by atoms with Crippen LogP contribution in [0.3, 0.4) is 0 Å². The molecule has 2 heterocycles. The number of cyclic esters (lactones) is 1. The fourth-order valence-electron chi connectivity index (χ4n) is 4.25.